The maximum Gasteiger partial charge on any atom is 0.0880 e. The molecule has 3 aliphatic heterocycles. The highest BCUT2D eigenvalue weighted by Crippen LogP contribution is 2.35. The fourth-order valence-electron chi connectivity index (χ4n) is 5.33. The van der Waals surface area contributed by atoms with Crippen LogP contribution in [0, 0.1) is 0 Å². The van der Waals surface area contributed by atoms with Crippen molar-refractivity contribution in [1.82, 2.24) is 9.80 Å². The number of hydrogen-bond donors (Lipinski definition) is 1. The van der Waals surface area contributed by atoms with Crippen molar-refractivity contribution in [2.45, 2.75) is 44.3 Å². The highest BCUT2D eigenvalue weighted by atomic mass is 35.5. The molecule has 0 bridgehead atoms. The number of rotatable bonds is 4. The van der Waals surface area contributed by atoms with Crippen molar-refractivity contribution >= 4 is 23.0 Å². The number of nitrogens with one attached hydrogen (secondary N) is 1. The molecule has 2 aromatic carbocycles. The van der Waals surface area contributed by atoms with Crippen LogP contribution in [0.2, 0.25) is 5.02 Å². The molecule has 5 heteroatoms. The van der Waals surface area contributed by atoms with Crippen molar-refractivity contribution in [2.75, 3.05) is 43.1 Å². The topological polar surface area (TPSA) is 21.8 Å². The van der Waals surface area contributed by atoms with Crippen LogP contribution in [0.25, 0.3) is 0 Å². The van der Waals surface area contributed by atoms with Gasteiger partial charge in [-0.15, -0.1) is 0 Å². The van der Waals surface area contributed by atoms with Crippen molar-refractivity contribution in [3.63, 3.8) is 0 Å². The summed E-state index contributed by atoms with van der Waals surface area (Å²) in [5.74, 6) is 0. The molecule has 3 heterocycles. The minimum absolute atomic E-state index is 0.669. The normalized spacial score (nSPS) is 21.9. The fraction of sp³-hybridized carbons (Fsp3) is 0.500. The molecule has 0 amide bonds. The average Bonchev–Trinajstić information content (AvgIpc) is 3.20. The molecule has 0 atom stereocenters. The van der Waals surface area contributed by atoms with E-state index in [4.69, 9.17) is 11.6 Å². The van der Waals surface area contributed by atoms with Gasteiger partial charge in [0.2, 0.25) is 0 Å². The molecule has 1 N–H and O–H groups in total. The molecule has 0 aliphatic carbocycles. The van der Waals surface area contributed by atoms with Crippen LogP contribution in [-0.4, -0.2) is 54.7 Å². The average molecular weight is 411 g/mol. The zero-order valence-corrected chi connectivity index (χ0v) is 17.8. The summed E-state index contributed by atoms with van der Waals surface area (Å²) in [7, 11) is 0. The first-order chi connectivity index (χ1) is 14.3. The highest BCUT2D eigenvalue weighted by Gasteiger charge is 2.32. The number of hydrogen-bond acceptors (Lipinski definition) is 4. The van der Waals surface area contributed by atoms with Gasteiger partial charge in [-0.1, -0.05) is 41.9 Å². The van der Waals surface area contributed by atoms with E-state index >= 15 is 0 Å². The number of benzene rings is 2. The summed E-state index contributed by atoms with van der Waals surface area (Å²) >= 11 is 6.35. The third-order valence-electron chi connectivity index (χ3n) is 7.02. The van der Waals surface area contributed by atoms with Crippen LogP contribution in [0.5, 0.6) is 0 Å². The van der Waals surface area contributed by atoms with E-state index in [2.05, 4.69) is 56.4 Å². The Morgan fingerprint density at radius 3 is 2.31 bits per heavy atom. The summed E-state index contributed by atoms with van der Waals surface area (Å²) < 4.78 is 0. The summed E-state index contributed by atoms with van der Waals surface area (Å²) in [5, 5.41) is 4.45. The molecule has 5 rings (SSSR count). The number of anilines is 2. The van der Waals surface area contributed by atoms with E-state index in [1.807, 2.05) is 12.1 Å². The summed E-state index contributed by atoms with van der Waals surface area (Å²) in [6.07, 6.45) is 5.11. The van der Waals surface area contributed by atoms with Crippen LogP contribution in [0.4, 0.5) is 11.4 Å². The lowest BCUT2D eigenvalue weighted by Crippen LogP contribution is -2.51. The van der Waals surface area contributed by atoms with Crippen LogP contribution >= 0.6 is 11.6 Å². The van der Waals surface area contributed by atoms with E-state index in [1.165, 1.54) is 68.8 Å². The van der Waals surface area contributed by atoms with Gasteiger partial charge in [-0.25, -0.2) is 0 Å². The largest absolute Gasteiger partial charge is 0.366 e. The Hall–Kier alpha value is -1.75. The molecule has 0 saturated carbocycles. The van der Waals surface area contributed by atoms with Crippen molar-refractivity contribution in [1.29, 1.82) is 0 Å². The van der Waals surface area contributed by atoms with Gasteiger partial charge in [0, 0.05) is 36.7 Å². The SMILES string of the molecule is Clc1ccccc1CN1CCC(N2CCC(N3CNc4ccccc43)CC2)CC1. The predicted molar refractivity (Wildman–Crippen MR) is 122 cm³/mol. The smallest absolute Gasteiger partial charge is 0.0880 e. The van der Waals surface area contributed by atoms with E-state index in [-0.39, 0.29) is 0 Å². The van der Waals surface area contributed by atoms with Crippen molar-refractivity contribution < 1.29 is 0 Å². The van der Waals surface area contributed by atoms with Gasteiger partial charge in [0.05, 0.1) is 18.0 Å². The monoisotopic (exact) mass is 410 g/mol. The van der Waals surface area contributed by atoms with Crippen molar-refractivity contribution in [3.8, 4) is 0 Å². The van der Waals surface area contributed by atoms with Crippen LogP contribution < -0.4 is 10.2 Å². The lowest BCUT2D eigenvalue weighted by molar-refractivity contribution is 0.0844. The highest BCUT2D eigenvalue weighted by molar-refractivity contribution is 6.31. The lowest BCUT2D eigenvalue weighted by Gasteiger charge is -2.43. The molecule has 0 unspecified atom stereocenters. The number of halogens is 1. The van der Waals surface area contributed by atoms with E-state index in [0.29, 0.717) is 6.04 Å². The molecule has 0 radical (unpaired) electrons. The third kappa shape index (κ3) is 4.11. The summed E-state index contributed by atoms with van der Waals surface area (Å²) in [6, 6.07) is 18.4. The molecular formula is C24H31ClN4. The second-order valence-electron chi connectivity index (χ2n) is 8.69. The van der Waals surface area contributed by atoms with Gasteiger partial charge in [0.15, 0.2) is 0 Å². The van der Waals surface area contributed by atoms with Gasteiger partial charge >= 0.3 is 0 Å². The predicted octanol–water partition coefficient (Wildman–Crippen LogP) is 4.66. The lowest BCUT2D eigenvalue weighted by atomic mass is 9.96. The van der Waals surface area contributed by atoms with Crippen LogP contribution in [0.3, 0.4) is 0 Å². The number of likely N-dealkylation sites (tertiary alicyclic amines) is 2. The minimum atomic E-state index is 0.669. The summed E-state index contributed by atoms with van der Waals surface area (Å²) in [4.78, 5) is 7.91. The number of para-hydroxylation sites is 2. The van der Waals surface area contributed by atoms with E-state index < -0.39 is 0 Å². The molecular weight excluding hydrogens is 380 g/mol. The van der Waals surface area contributed by atoms with E-state index in [9.17, 15) is 0 Å². The Bertz CT molecular complexity index is 825. The molecule has 0 spiro atoms. The molecule has 29 heavy (non-hydrogen) atoms. The second-order valence-corrected chi connectivity index (χ2v) is 9.09. The van der Waals surface area contributed by atoms with Crippen molar-refractivity contribution in [3.05, 3.63) is 59.1 Å². The van der Waals surface area contributed by atoms with Gasteiger partial charge in [-0.2, -0.15) is 0 Å². The molecule has 2 saturated heterocycles. The number of fused-ring (bicyclic) bond motifs is 1. The van der Waals surface area contributed by atoms with Crippen LogP contribution in [0.1, 0.15) is 31.2 Å². The van der Waals surface area contributed by atoms with Gasteiger partial charge in [0.1, 0.15) is 0 Å². The maximum atomic E-state index is 6.35. The van der Waals surface area contributed by atoms with Crippen LogP contribution in [0.15, 0.2) is 48.5 Å². The number of nitrogens with zero attached hydrogens (tertiary/aromatic N) is 3. The van der Waals surface area contributed by atoms with Crippen LogP contribution in [-0.2, 0) is 6.54 Å². The van der Waals surface area contributed by atoms with E-state index in [1.54, 1.807) is 0 Å². The molecule has 2 aromatic rings. The molecule has 4 nitrogen and oxygen atoms in total. The Morgan fingerprint density at radius 2 is 1.52 bits per heavy atom. The first-order valence-corrected chi connectivity index (χ1v) is 11.4. The zero-order chi connectivity index (χ0) is 19.6. The molecule has 3 aliphatic rings. The summed E-state index contributed by atoms with van der Waals surface area (Å²) in [5.41, 5.74) is 3.94. The first-order valence-electron chi connectivity index (χ1n) is 11.1. The van der Waals surface area contributed by atoms with Gasteiger partial charge in [-0.3, -0.25) is 4.90 Å². The van der Waals surface area contributed by atoms with Gasteiger partial charge < -0.3 is 15.1 Å². The standard InChI is InChI=1S/C24H31ClN4/c25-22-6-2-1-5-19(22)17-27-13-9-20(10-14-27)28-15-11-21(12-16-28)29-18-26-23-7-3-4-8-24(23)29/h1-8,20-21,26H,9-18H2. The number of piperidine rings is 2. The minimum Gasteiger partial charge on any atom is -0.366 e. The Labute approximate surface area is 179 Å². The second kappa shape index (κ2) is 8.55. The van der Waals surface area contributed by atoms with Crippen molar-refractivity contribution in [2.24, 2.45) is 0 Å². The molecule has 2 fully saturated rings. The Morgan fingerprint density at radius 1 is 0.828 bits per heavy atom. The quantitative estimate of drug-likeness (QED) is 0.791. The Balaban J connectivity index is 1.11. The molecule has 154 valence electrons. The van der Waals surface area contributed by atoms with Gasteiger partial charge in [-0.05, 0) is 62.5 Å². The van der Waals surface area contributed by atoms with Gasteiger partial charge in [0.25, 0.3) is 0 Å². The molecule has 0 aromatic heterocycles. The third-order valence-corrected chi connectivity index (χ3v) is 7.39. The summed E-state index contributed by atoms with van der Waals surface area (Å²) in [6.45, 7) is 6.77. The first kappa shape index (κ1) is 19.2. The zero-order valence-electron chi connectivity index (χ0n) is 17.1. The fourth-order valence-corrected chi connectivity index (χ4v) is 5.52. The maximum absolute atomic E-state index is 6.35. The van der Waals surface area contributed by atoms with E-state index in [0.717, 1.165) is 24.3 Å². The Kier molecular flexibility index (Phi) is 5.67.